The third-order valence-corrected chi connectivity index (χ3v) is 6.32. The van der Waals surface area contributed by atoms with Crippen molar-refractivity contribution >= 4 is 21.8 Å². The van der Waals surface area contributed by atoms with Crippen molar-refractivity contribution in [1.29, 1.82) is 0 Å². The first-order chi connectivity index (χ1) is 11.0. The van der Waals surface area contributed by atoms with Gasteiger partial charge in [-0.1, -0.05) is 30.3 Å². The van der Waals surface area contributed by atoms with E-state index in [1.165, 1.54) is 0 Å². The lowest BCUT2D eigenvalue weighted by Gasteiger charge is -2.37. The Morgan fingerprint density at radius 2 is 1.78 bits per heavy atom. The van der Waals surface area contributed by atoms with Gasteiger partial charge in [0, 0.05) is 38.3 Å². The standard InChI is InChI=1S/C17H22N2O3S/c20-17(7-6-15-4-2-1-3-5-15)19-11-9-18(10-12-19)16-8-13-23(21,22)14-16/h1-7,16H,8-14H2/b7-6+/t16-/m0/s1. The predicted octanol–water partition coefficient (Wildman–Crippen LogP) is 1.03. The van der Waals surface area contributed by atoms with Crippen molar-refractivity contribution in [1.82, 2.24) is 9.80 Å². The lowest BCUT2D eigenvalue weighted by molar-refractivity contribution is -0.127. The Morgan fingerprint density at radius 3 is 2.39 bits per heavy atom. The highest BCUT2D eigenvalue weighted by Crippen LogP contribution is 2.19. The molecule has 1 aromatic rings. The van der Waals surface area contributed by atoms with E-state index in [9.17, 15) is 13.2 Å². The third kappa shape index (κ3) is 4.20. The maximum Gasteiger partial charge on any atom is 0.246 e. The second-order valence-corrected chi connectivity index (χ2v) is 8.39. The second-order valence-electron chi connectivity index (χ2n) is 6.16. The maximum atomic E-state index is 12.2. The van der Waals surface area contributed by atoms with Crippen LogP contribution >= 0.6 is 0 Å². The first-order valence-corrected chi connectivity index (χ1v) is 9.82. The van der Waals surface area contributed by atoms with Crippen molar-refractivity contribution in [2.24, 2.45) is 0 Å². The van der Waals surface area contributed by atoms with Crippen molar-refractivity contribution in [3.8, 4) is 0 Å². The van der Waals surface area contributed by atoms with Gasteiger partial charge in [-0.3, -0.25) is 9.69 Å². The number of sulfone groups is 1. The van der Waals surface area contributed by atoms with Gasteiger partial charge in [-0.2, -0.15) is 0 Å². The van der Waals surface area contributed by atoms with E-state index in [2.05, 4.69) is 4.90 Å². The SMILES string of the molecule is O=C(/C=C/c1ccccc1)N1CCN([C@H]2CCS(=O)(=O)C2)CC1. The van der Waals surface area contributed by atoms with Gasteiger partial charge in [0.15, 0.2) is 9.84 Å². The van der Waals surface area contributed by atoms with Gasteiger partial charge in [-0.25, -0.2) is 8.42 Å². The van der Waals surface area contributed by atoms with E-state index in [1.807, 2.05) is 41.3 Å². The molecule has 1 aromatic carbocycles. The summed E-state index contributed by atoms with van der Waals surface area (Å²) in [6.45, 7) is 2.83. The van der Waals surface area contributed by atoms with Crippen LogP contribution in [-0.4, -0.2) is 67.9 Å². The normalized spacial score (nSPS) is 25.0. The molecule has 0 saturated carbocycles. The number of nitrogens with zero attached hydrogens (tertiary/aromatic N) is 2. The number of carbonyl (C=O) groups is 1. The molecule has 2 heterocycles. The zero-order valence-corrected chi connectivity index (χ0v) is 13.9. The van der Waals surface area contributed by atoms with Gasteiger partial charge in [0.2, 0.25) is 5.91 Å². The topological polar surface area (TPSA) is 57.7 Å². The fraction of sp³-hybridized carbons (Fsp3) is 0.471. The molecule has 2 aliphatic heterocycles. The zero-order chi connectivity index (χ0) is 16.3. The van der Waals surface area contributed by atoms with Crippen LogP contribution in [0.4, 0.5) is 0 Å². The van der Waals surface area contributed by atoms with Crippen molar-refractivity contribution in [2.75, 3.05) is 37.7 Å². The van der Waals surface area contributed by atoms with Gasteiger partial charge in [-0.15, -0.1) is 0 Å². The first-order valence-electron chi connectivity index (χ1n) is 8.00. The van der Waals surface area contributed by atoms with Crippen molar-refractivity contribution in [3.05, 3.63) is 42.0 Å². The minimum Gasteiger partial charge on any atom is -0.337 e. The molecule has 2 aliphatic rings. The quantitative estimate of drug-likeness (QED) is 0.775. The highest BCUT2D eigenvalue weighted by Gasteiger charge is 2.34. The summed E-state index contributed by atoms with van der Waals surface area (Å²) in [6.07, 6.45) is 4.17. The van der Waals surface area contributed by atoms with Gasteiger partial charge in [-0.05, 0) is 18.1 Å². The highest BCUT2D eigenvalue weighted by atomic mass is 32.2. The van der Waals surface area contributed by atoms with Crippen molar-refractivity contribution < 1.29 is 13.2 Å². The highest BCUT2D eigenvalue weighted by molar-refractivity contribution is 7.91. The molecule has 2 fully saturated rings. The Balaban J connectivity index is 1.51. The van der Waals surface area contributed by atoms with Gasteiger partial charge in [0.1, 0.15) is 0 Å². The summed E-state index contributed by atoms with van der Waals surface area (Å²) < 4.78 is 23.2. The molecule has 0 aromatic heterocycles. The molecule has 1 atom stereocenters. The molecule has 2 saturated heterocycles. The van der Waals surface area contributed by atoms with E-state index in [1.54, 1.807) is 6.08 Å². The number of benzene rings is 1. The number of rotatable bonds is 3. The number of hydrogen-bond donors (Lipinski definition) is 0. The molecule has 0 spiro atoms. The lowest BCUT2D eigenvalue weighted by Crippen LogP contribution is -2.52. The van der Waals surface area contributed by atoms with E-state index >= 15 is 0 Å². The molecule has 0 unspecified atom stereocenters. The molecule has 0 aliphatic carbocycles. The Kier molecular flexibility index (Phi) is 4.82. The molecule has 0 bridgehead atoms. The van der Waals surface area contributed by atoms with Crippen LogP contribution in [0.15, 0.2) is 36.4 Å². The minimum absolute atomic E-state index is 0.0209. The summed E-state index contributed by atoms with van der Waals surface area (Å²) in [4.78, 5) is 16.3. The van der Waals surface area contributed by atoms with Crippen molar-refractivity contribution in [3.63, 3.8) is 0 Å². The summed E-state index contributed by atoms with van der Waals surface area (Å²) in [5.41, 5.74) is 1.01. The first kappa shape index (κ1) is 16.2. The summed E-state index contributed by atoms with van der Waals surface area (Å²) in [5.74, 6) is 0.596. The summed E-state index contributed by atoms with van der Waals surface area (Å²) in [6, 6.07) is 9.89. The summed E-state index contributed by atoms with van der Waals surface area (Å²) in [7, 11) is -2.85. The second kappa shape index (κ2) is 6.84. The van der Waals surface area contributed by atoms with E-state index in [0.717, 1.165) is 25.1 Å². The molecule has 23 heavy (non-hydrogen) atoms. The van der Waals surface area contributed by atoms with Crippen LogP contribution in [0.2, 0.25) is 0 Å². The zero-order valence-electron chi connectivity index (χ0n) is 13.1. The Morgan fingerprint density at radius 1 is 1.09 bits per heavy atom. The van der Waals surface area contributed by atoms with Crippen molar-refractivity contribution in [2.45, 2.75) is 12.5 Å². The number of piperazine rings is 1. The molecule has 0 radical (unpaired) electrons. The Labute approximate surface area is 137 Å². The van der Waals surface area contributed by atoms with Gasteiger partial charge in [0.05, 0.1) is 11.5 Å². The number of hydrogen-bond acceptors (Lipinski definition) is 4. The number of amides is 1. The van der Waals surface area contributed by atoms with Gasteiger partial charge < -0.3 is 4.90 Å². The van der Waals surface area contributed by atoms with E-state index in [-0.39, 0.29) is 17.7 Å². The molecular formula is C17H22N2O3S. The lowest BCUT2D eigenvalue weighted by atomic mass is 10.2. The largest absolute Gasteiger partial charge is 0.337 e. The van der Waals surface area contributed by atoms with Gasteiger partial charge >= 0.3 is 0 Å². The van der Waals surface area contributed by atoms with Crippen LogP contribution in [0.1, 0.15) is 12.0 Å². The average Bonchev–Trinajstić information content (AvgIpc) is 2.94. The van der Waals surface area contributed by atoms with Crippen LogP contribution < -0.4 is 0 Å². The predicted molar refractivity (Wildman–Crippen MR) is 90.7 cm³/mol. The molecule has 6 heteroatoms. The summed E-state index contributed by atoms with van der Waals surface area (Å²) in [5, 5.41) is 0. The molecule has 5 nitrogen and oxygen atoms in total. The summed E-state index contributed by atoms with van der Waals surface area (Å²) >= 11 is 0. The van der Waals surface area contributed by atoms with Crippen LogP contribution in [0, 0.1) is 0 Å². The van der Waals surface area contributed by atoms with Crippen LogP contribution in [0.3, 0.4) is 0 Å². The molecule has 3 rings (SSSR count). The molecule has 1 amide bonds. The Hall–Kier alpha value is -1.66. The van der Waals surface area contributed by atoms with Gasteiger partial charge in [0.25, 0.3) is 0 Å². The third-order valence-electron chi connectivity index (χ3n) is 4.57. The average molecular weight is 334 g/mol. The molecule has 124 valence electrons. The van der Waals surface area contributed by atoms with Crippen LogP contribution in [0.25, 0.3) is 6.08 Å². The molecular weight excluding hydrogens is 312 g/mol. The van der Waals surface area contributed by atoms with E-state index < -0.39 is 9.84 Å². The maximum absolute atomic E-state index is 12.2. The van der Waals surface area contributed by atoms with Crippen LogP contribution in [0.5, 0.6) is 0 Å². The van der Waals surface area contributed by atoms with Crippen LogP contribution in [-0.2, 0) is 14.6 Å². The fourth-order valence-corrected chi connectivity index (χ4v) is 4.97. The number of carbonyl (C=O) groups excluding carboxylic acids is 1. The van der Waals surface area contributed by atoms with E-state index in [4.69, 9.17) is 0 Å². The minimum atomic E-state index is -2.85. The van der Waals surface area contributed by atoms with E-state index in [0.29, 0.717) is 18.8 Å². The fourth-order valence-electron chi connectivity index (χ4n) is 3.21. The molecule has 0 N–H and O–H groups in total. The Bertz CT molecular complexity index is 677. The monoisotopic (exact) mass is 334 g/mol. The smallest absolute Gasteiger partial charge is 0.246 e.